The van der Waals surface area contributed by atoms with Gasteiger partial charge in [0.1, 0.15) is 11.8 Å². The molecule has 0 amide bonds. The molecular formula is C14H20F2NO4P. The van der Waals surface area contributed by atoms with Gasteiger partial charge in [-0.1, -0.05) is 25.1 Å². The number of para-hydroxylation sites is 1. The lowest BCUT2D eigenvalue weighted by Gasteiger charge is -2.27. The minimum absolute atomic E-state index is 0.0222. The van der Waals surface area contributed by atoms with E-state index in [0.29, 0.717) is 13.3 Å². The molecule has 0 spiro atoms. The zero-order valence-electron chi connectivity index (χ0n) is 12.7. The van der Waals surface area contributed by atoms with Crippen molar-refractivity contribution in [1.82, 2.24) is 5.09 Å². The zero-order valence-corrected chi connectivity index (χ0v) is 13.6. The van der Waals surface area contributed by atoms with E-state index >= 15 is 0 Å². The average Bonchev–Trinajstić information content (AvgIpc) is 2.44. The topological polar surface area (TPSA) is 64.6 Å². The standard InChI is InChI=1S/C14H20F2NO4P/c1-4-10-20-13(18)11(2)17-22(19,14(3,15)16)21-12-8-6-5-7-9-12/h5-9,11H,4,10H2,1-3H3,(H,17,19). The van der Waals surface area contributed by atoms with E-state index in [9.17, 15) is 18.1 Å². The number of benzene rings is 1. The van der Waals surface area contributed by atoms with Crippen LogP contribution >= 0.6 is 7.52 Å². The zero-order chi connectivity index (χ0) is 16.8. The molecule has 0 aromatic heterocycles. The van der Waals surface area contributed by atoms with Crippen LogP contribution in [0.1, 0.15) is 27.2 Å². The second-order valence-electron chi connectivity index (χ2n) is 4.82. The third kappa shape index (κ3) is 5.07. The van der Waals surface area contributed by atoms with E-state index in [0.717, 1.165) is 0 Å². The highest BCUT2D eigenvalue weighted by Gasteiger charge is 2.50. The first-order valence-corrected chi connectivity index (χ1v) is 8.49. The second kappa shape index (κ2) is 7.70. The number of hydrogen-bond acceptors (Lipinski definition) is 4. The van der Waals surface area contributed by atoms with Crippen LogP contribution in [0.25, 0.3) is 0 Å². The van der Waals surface area contributed by atoms with Crippen molar-refractivity contribution in [2.75, 3.05) is 6.61 Å². The number of esters is 1. The van der Waals surface area contributed by atoms with Crippen LogP contribution in [-0.2, 0) is 14.1 Å². The molecule has 1 aromatic carbocycles. The van der Waals surface area contributed by atoms with E-state index in [1.165, 1.54) is 19.1 Å². The number of halogens is 2. The number of alkyl halides is 2. The Kier molecular flexibility index (Phi) is 6.50. The molecule has 22 heavy (non-hydrogen) atoms. The minimum Gasteiger partial charge on any atom is -0.465 e. The van der Waals surface area contributed by atoms with Gasteiger partial charge in [-0.05, 0) is 25.5 Å². The molecule has 1 aromatic rings. The Bertz CT molecular complexity index is 533. The van der Waals surface area contributed by atoms with Gasteiger partial charge in [0, 0.05) is 6.92 Å². The molecule has 8 heteroatoms. The second-order valence-corrected chi connectivity index (χ2v) is 7.15. The summed E-state index contributed by atoms with van der Waals surface area (Å²) in [6.45, 7) is 3.74. The van der Waals surface area contributed by atoms with Crippen LogP contribution in [-0.4, -0.2) is 24.3 Å². The van der Waals surface area contributed by atoms with Crippen molar-refractivity contribution < 1.29 is 27.4 Å². The molecule has 0 saturated carbocycles. The molecule has 2 atom stereocenters. The molecule has 0 aliphatic carbocycles. The number of rotatable bonds is 8. The van der Waals surface area contributed by atoms with E-state index in [2.05, 4.69) is 5.09 Å². The van der Waals surface area contributed by atoms with Crippen molar-refractivity contribution in [3.63, 3.8) is 0 Å². The highest BCUT2D eigenvalue weighted by Crippen LogP contribution is 2.57. The Hall–Kier alpha value is -1.46. The molecule has 0 fully saturated rings. The smallest absolute Gasteiger partial charge is 0.385 e. The maximum atomic E-state index is 13.7. The fourth-order valence-electron chi connectivity index (χ4n) is 1.48. The van der Waals surface area contributed by atoms with Gasteiger partial charge in [-0.25, -0.2) is 5.09 Å². The Balaban J connectivity index is 2.89. The SMILES string of the molecule is CCCOC(=O)C(C)NP(=O)(Oc1ccccc1)C(C)(F)F. The number of carbonyl (C=O) groups excluding carboxylic acids is 1. The molecule has 124 valence electrons. The summed E-state index contributed by atoms with van der Waals surface area (Å²) in [5.74, 6) is -0.739. The summed E-state index contributed by atoms with van der Waals surface area (Å²) in [6.07, 6.45) is 0.598. The lowest BCUT2D eigenvalue weighted by molar-refractivity contribution is -0.145. The summed E-state index contributed by atoms with van der Waals surface area (Å²) in [7, 11) is -4.65. The molecule has 0 aliphatic heterocycles. The first-order valence-electron chi connectivity index (χ1n) is 6.86. The van der Waals surface area contributed by atoms with Gasteiger partial charge in [-0.2, -0.15) is 8.78 Å². The van der Waals surface area contributed by atoms with Crippen LogP contribution in [0.4, 0.5) is 8.78 Å². The van der Waals surface area contributed by atoms with Crippen molar-refractivity contribution in [3.05, 3.63) is 30.3 Å². The monoisotopic (exact) mass is 335 g/mol. The summed E-state index contributed by atoms with van der Waals surface area (Å²) < 4.78 is 49.8. The molecule has 1 rings (SSSR count). The van der Waals surface area contributed by atoms with Gasteiger partial charge in [0.15, 0.2) is 0 Å². The van der Waals surface area contributed by atoms with Crippen molar-refractivity contribution in [2.24, 2.45) is 0 Å². The Labute approximate surface area is 128 Å². The van der Waals surface area contributed by atoms with Crippen molar-refractivity contribution in [3.8, 4) is 5.75 Å². The van der Waals surface area contributed by atoms with Crippen molar-refractivity contribution in [1.29, 1.82) is 0 Å². The first-order chi connectivity index (χ1) is 10.2. The molecule has 5 nitrogen and oxygen atoms in total. The number of carbonyl (C=O) groups is 1. The molecule has 0 radical (unpaired) electrons. The van der Waals surface area contributed by atoms with Gasteiger partial charge in [0.05, 0.1) is 6.61 Å². The number of ether oxygens (including phenoxy) is 1. The summed E-state index contributed by atoms with van der Waals surface area (Å²) in [5.41, 5.74) is -3.66. The van der Waals surface area contributed by atoms with E-state index in [1.807, 2.05) is 0 Å². The third-order valence-corrected chi connectivity index (χ3v) is 4.89. The molecule has 2 unspecified atom stereocenters. The van der Waals surface area contributed by atoms with E-state index < -0.39 is 25.2 Å². The highest BCUT2D eigenvalue weighted by molar-refractivity contribution is 7.58. The lowest BCUT2D eigenvalue weighted by Crippen LogP contribution is -2.38. The summed E-state index contributed by atoms with van der Waals surface area (Å²) in [4.78, 5) is 11.7. The maximum absolute atomic E-state index is 13.7. The Morgan fingerprint density at radius 2 is 1.95 bits per heavy atom. The molecule has 1 N–H and O–H groups in total. The average molecular weight is 335 g/mol. The van der Waals surface area contributed by atoms with Crippen LogP contribution in [0.3, 0.4) is 0 Å². The highest BCUT2D eigenvalue weighted by atomic mass is 31.2. The van der Waals surface area contributed by atoms with Gasteiger partial charge in [-0.3, -0.25) is 9.36 Å². The molecular weight excluding hydrogens is 315 g/mol. The summed E-state index contributed by atoms with van der Waals surface area (Å²) in [6, 6.07) is 6.41. The van der Waals surface area contributed by atoms with Crippen molar-refractivity contribution >= 4 is 13.5 Å². The first kappa shape index (κ1) is 18.6. The molecule has 0 bridgehead atoms. The van der Waals surface area contributed by atoms with Gasteiger partial charge in [0.2, 0.25) is 0 Å². The quantitative estimate of drug-likeness (QED) is 0.578. The van der Waals surface area contributed by atoms with Gasteiger partial charge in [0.25, 0.3) is 0 Å². The summed E-state index contributed by atoms with van der Waals surface area (Å²) in [5, 5.41) is 2.10. The van der Waals surface area contributed by atoms with E-state index in [1.54, 1.807) is 25.1 Å². The van der Waals surface area contributed by atoms with Gasteiger partial charge < -0.3 is 9.26 Å². The van der Waals surface area contributed by atoms with Crippen molar-refractivity contribution in [2.45, 2.75) is 38.9 Å². The normalized spacial score (nSPS) is 15.7. The van der Waals surface area contributed by atoms with E-state index in [4.69, 9.17) is 9.26 Å². The largest absolute Gasteiger partial charge is 0.465 e. The third-order valence-electron chi connectivity index (χ3n) is 2.66. The molecule has 0 heterocycles. The van der Waals surface area contributed by atoms with Gasteiger partial charge >= 0.3 is 19.2 Å². The minimum atomic E-state index is -4.65. The fourth-order valence-corrected chi connectivity index (χ4v) is 2.96. The number of nitrogens with one attached hydrogen (secondary N) is 1. The Morgan fingerprint density at radius 1 is 1.36 bits per heavy atom. The summed E-state index contributed by atoms with van der Waals surface area (Å²) >= 11 is 0. The van der Waals surface area contributed by atoms with Crippen LogP contribution in [0, 0.1) is 0 Å². The molecule has 0 saturated heterocycles. The van der Waals surface area contributed by atoms with Crippen LogP contribution in [0.15, 0.2) is 30.3 Å². The van der Waals surface area contributed by atoms with Crippen LogP contribution in [0.2, 0.25) is 0 Å². The Morgan fingerprint density at radius 3 is 2.45 bits per heavy atom. The van der Waals surface area contributed by atoms with E-state index in [-0.39, 0.29) is 12.4 Å². The molecule has 0 aliphatic rings. The van der Waals surface area contributed by atoms with Gasteiger partial charge in [-0.15, -0.1) is 0 Å². The predicted molar refractivity (Wildman–Crippen MR) is 79.1 cm³/mol. The van der Waals surface area contributed by atoms with Crippen LogP contribution < -0.4 is 9.61 Å². The van der Waals surface area contributed by atoms with Crippen LogP contribution in [0.5, 0.6) is 5.75 Å². The number of hydrogen-bond donors (Lipinski definition) is 1. The fraction of sp³-hybridized carbons (Fsp3) is 0.500. The predicted octanol–water partition coefficient (Wildman–Crippen LogP) is 3.80. The maximum Gasteiger partial charge on any atom is 0.385 e. The lowest BCUT2D eigenvalue weighted by atomic mass is 10.3.